The highest BCUT2D eigenvalue weighted by atomic mass is 16.1. The van der Waals surface area contributed by atoms with Gasteiger partial charge < -0.3 is 10.2 Å². The van der Waals surface area contributed by atoms with Crippen molar-refractivity contribution in [2.45, 2.75) is 39.5 Å². The van der Waals surface area contributed by atoms with Crippen LogP contribution in [0.2, 0.25) is 0 Å². The number of aromatic nitrogens is 2. The molecule has 1 saturated heterocycles. The maximum absolute atomic E-state index is 12.4. The Morgan fingerprint density at radius 3 is 2.12 bits per heavy atom. The summed E-state index contributed by atoms with van der Waals surface area (Å²) in [5.74, 6) is 0.544. The van der Waals surface area contributed by atoms with E-state index in [0.29, 0.717) is 5.56 Å². The minimum absolute atomic E-state index is 0.178. The molecule has 5 heteroatoms. The largest absolute Gasteiger partial charge is 0.341 e. The number of hydrogen-bond acceptors (Lipinski definition) is 4. The normalized spacial score (nSPS) is 15.0. The summed E-state index contributed by atoms with van der Waals surface area (Å²) in [5.41, 5.74) is 3.53. The average molecular weight is 324 g/mol. The van der Waals surface area contributed by atoms with Gasteiger partial charge in [0.05, 0.1) is 5.56 Å². The minimum atomic E-state index is -0.178. The van der Waals surface area contributed by atoms with Crippen LogP contribution in [0.15, 0.2) is 30.6 Å². The molecule has 0 spiro atoms. The summed E-state index contributed by atoms with van der Waals surface area (Å²) < 4.78 is 0. The van der Waals surface area contributed by atoms with Crippen LogP contribution in [0.4, 0.5) is 11.6 Å². The molecule has 2 aromatic rings. The molecular formula is C19H24N4O. The van der Waals surface area contributed by atoms with Crippen molar-refractivity contribution in [3.8, 4) is 0 Å². The van der Waals surface area contributed by atoms with Gasteiger partial charge in [-0.25, -0.2) is 9.97 Å². The molecule has 24 heavy (non-hydrogen) atoms. The van der Waals surface area contributed by atoms with E-state index in [-0.39, 0.29) is 5.91 Å². The van der Waals surface area contributed by atoms with Gasteiger partial charge in [-0.3, -0.25) is 4.79 Å². The summed E-state index contributed by atoms with van der Waals surface area (Å²) in [6, 6.07) is 5.99. The second-order valence-electron chi connectivity index (χ2n) is 6.50. The smallest absolute Gasteiger partial charge is 0.258 e. The van der Waals surface area contributed by atoms with Crippen LogP contribution in [-0.2, 0) is 0 Å². The summed E-state index contributed by atoms with van der Waals surface area (Å²) in [5, 5.41) is 2.92. The number of nitrogens with one attached hydrogen (secondary N) is 1. The molecule has 126 valence electrons. The van der Waals surface area contributed by atoms with Crippen molar-refractivity contribution in [1.82, 2.24) is 9.97 Å². The Balaban J connectivity index is 1.69. The number of benzene rings is 1. The van der Waals surface area contributed by atoms with Gasteiger partial charge in [-0.2, -0.15) is 0 Å². The van der Waals surface area contributed by atoms with E-state index in [4.69, 9.17) is 0 Å². The SMILES string of the molecule is Cc1cc(C)cc(NC(=O)c2cnc(N3CCCCCC3)nc2)c1. The number of nitrogens with zero attached hydrogens (tertiary/aromatic N) is 3. The van der Waals surface area contributed by atoms with E-state index in [2.05, 4.69) is 26.3 Å². The predicted molar refractivity (Wildman–Crippen MR) is 96.6 cm³/mol. The monoisotopic (exact) mass is 324 g/mol. The zero-order chi connectivity index (χ0) is 16.9. The summed E-state index contributed by atoms with van der Waals surface area (Å²) >= 11 is 0. The zero-order valence-corrected chi connectivity index (χ0v) is 14.4. The maximum atomic E-state index is 12.4. The molecule has 0 saturated carbocycles. The quantitative estimate of drug-likeness (QED) is 0.934. The van der Waals surface area contributed by atoms with Crippen LogP contribution in [0.1, 0.15) is 47.2 Å². The van der Waals surface area contributed by atoms with Gasteiger partial charge in [0.2, 0.25) is 5.95 Å². The second kappa shape index (κ2) is 7.43. The Bertz CT molecular complexity index is 684. The fraction of sp³-hybridized carbons (Fsp3) is 0.421. The lowest BCUT2D eigenvalue weighted by molar-refractivity contribution is 0.102. The molecule has 1 N–H and O–H groups in total. The first-order chi connectivity index (χ1) is 11.6. The Kier molecular flexibility index (Phi) is 5.08. The number of carbonyl (C=O) groups is 1. The summed E-state index contributed by atoms with van der Waals surface area (Å²) in [7, 11) is 0. The van der Waals surface area contributed by atoms with Crippen LogP contribution in [0.3, 0.4) is 0 Å². The molecule has 0 radical (unpaired) electrons. The van der Waals surface area contributed by atoms with Gasteiger partial charge >= 0.3 is 0 Å². The van der Waals surface area contributed by atoms with E-state index in [0.717, 1.165) is 35.9 Å². The lowest BCUT2D eigenvalue weighted by Gasteiger charge is -2.19. The molecule has 0 unspecified atom stereocenters. The highest BCUT2D eigenvalue weighted by molar-refractivity contribution is 6.04. The first-order valence-corrected chi connectivity index (χ1v) is 8.58. The van der Waals surface area contributed by atoms with Crippen LogP contribution in [0, 0.1) is 13.8 Å². The van der Waals surface area contributed by atoms with Gasteiger partial charge in [0.15, 0.2) is 0 Å². The summed E-state index contributed by atoms with van der Waals surface area (Å²) in [6.07, 6.45) is 8.13. The van der Waals surface area contributed by atoms with E-state index >= 15 is 0 Å². The van der Waals surface area contributed by atoms with Crippen molar-refractivity contribution in [1.29, 1.82) is 0 Å². The molecule has 1 aliphatic heterocycles. The molecule has 0 atom stereocenters. The molecule has 0 aliphatic carbocycles. The molecule has 1 amide bonds. The third kappa shape index (κ3) is 4.10. The maximum Gasteiger partial charge on any atom is 0.258 e. The highest BCUT2D eigenvalue weighted by Crippen LogP contribution is 2.17. The van der Waals surface area contributed by atoms with E-state index in [1.165, 1.54) is 25.7 Å². The summed E-state index contributed by atoms with van der Waals surface area (Å²) in [4.78, 5) is 23.4. The van der Waals surface area contributed by atoms with Gasteiger partial charge in [0.1, 0.15) is 0 Å². The van der Waals surface area contributed by atoms with E-state index in [9.17, 15) is 4.79 Å². The Morgan fingerprint density at radius 1 is 0.958 bits per heavy atom. The third-order valence-corrected chi connectivity index (χ3v) is 4.27. The van der Waals surface area contributed by atoms with Crippen LogP contribution in [0.25, 0.3) is 0 Å². The Labute approximate surface area is 143 Å². The minimum Gasteiger partial charge on any atom is -0.341 e. The fourth-order valence-electron chi connectivity index (χ4n) is 3.12. The van der Waals surface area contributed by atoms with Crippen LogP contribution >= 0.6 is 0 Å². The van der Waals surface area contributed by atoms with Gasteiger partial charge in [-0.15, -0.1) is 0 Å². The fourth-order valence-corrected chi connectivity index (χ4v) is 3.12. The number of hydrogen-bond donors (Lipinski definition) is 1. The molecular weight excluding hydrogens is 300 g/mol. The number of anilines is 2. The number of carbonyl (C=O) groups excluding carboxylic acids is 1. The Hall–Kier alpha value is -2.43. The van der Waals surface area contributed by atoms with Crippen LogP contribution < -0.4 is 10.2 Å². The summed E-state index contributed by atoms with van der Waals surface area (Å²) in [6.45, 7) is 6.02. The molecule has 1 aliphatic rings. The van der Waals surface area contributed by atoms with Gasteiger partial charge in [-0.1, -0.05) is 18.9 Å². The number of aryl methyl sites for hydroxylation is 2. The number of amides is 1. The van der Waals surface area contributed by atoms with E-state index in [1.54, 1.807) is 12.4 Å². The van der Waals surface area contributed by atoms with Crippen molar-refractivity contribution in [3.05, 3.63) is 47.3 Å². The van der Waals surface area contributed by atoms with E-state index in [1.807, 2.05) is 26.0 Å². The lowest BCUT2D eigenvalue weighted by atomic mass is 10.1. The third-order valence-electron chi connectivity index (χ3n) is 4.27. The van der Waals surface area contributed by atoms with Crippen molar-refractivity contribution in [2.75, 3.05) is 23.3 Å². The van der Waals surface area contributed by atoms with Gasteiger partial charge in [0, 0.05) is 31.2 Å². The van der Waals surface area contributed by atoms with Crippen molar-refractivity contribution < 1.29 is 4.79 Å². The molecule has 2 heterocycles. The first kappa shape index (κ1) is 16.4. The van der Waals surface area contributed by atoms with Crippen LogP contribution in [0.5, 0.6) is 0 Å². The van der Waals surface area contributed by atoms with Gasteiger partial charge in [0.25, 0.3) is 5.91 Å². The predicted octanol–water partition coefficient (Wildman–Crippen LogP) is 3.73. The average Bonchev–Trinajstić information content (AvgIpc) is 2.83. The van der Waals surface area contributed by atoms with Crippen LogP contribution in [-0.4, -0.2) is 29.0 Å². The standard InChI is InChI=1S/C19H24N4O/c1-14-9-15(2)11-17(10-14)22-18(24)16-12-20-19(21-13-16)23-7-5-3-4-6-8-23/h9-13H,3-8H2,1-2H3,(H,22,24). The molecule has 5 nitrogen and oxygen atoms in total. The molecule has 1 aromatic carbocycles. The topological polar surface area (TPSA) is 58.1 Å². The van der Waals surface area contributed by atoms with Gasteiger partial charge in [-0.05, 0) is 49.9 Å². The van der Waals surface area contributed by atoms with Crippen molar-refractivity contribution >= 4 is 17.5 Å². The molecule has 1 fully saturated rings. The second-order valence-corrected chi connectivity index (χ2v) is 6.50. The Morgan fingerprint density at radius 2 is 1.54 bits per heavy atom. The molecule has 1 aromatic heterocycles. The van der Waals surface area contributed by atoms with Crippen molar-refractivity contribution in [2.24, 2.45) is 0 Å². The van der Waals surface area contributed by atoms with Crippen molar-refractivity contribution in [3.63, 3.8) is 0 Å². The number of rotatable bonds is 3. The molecule has 0 bridgehead atoms. The lowest BCUT2D eigenvalue weighted by Crippen LogP contribution is -2.26. The molecule has 3 rings (SSSR count). The zero-order valence-electron chi connectivity index (χ0n) is 14.4. The first-order valence-electron chi connectivity index (χ1n) is 8.58. The van der Waals surface area contributed by atoms with E-state index < -0.39 is 0 Å². The highest BCUT2D eigenvalue weighted by Gasteiger charge is 2.14.